The number of methoxy groups -OCH3 is 1. The number of hydrogen-bond donors (Lipinski definition) is 1. The number of H-pyrrole nitrogens is 1. The van der Waals surface area contributed by atoms with Crippen LogP contribution in [0.15, 0.2) is 53.8 Å². The molecule has 3 heterocycles. The lowest BCUT2D eigenvalue weighted by Crippen LogP contribution is -2.16. The highest BCUT2D eigenvalue weighted by atomic mass is 32.2. The number of rotatable bonds is 8. The maximum Gasteiger partial charge on any atom is 0.191 e. The largest absolute Gasteiger partial charge is 0.496 e. The standard InChI is InChI=1S/C25H26N4O3S/c1-16(30)17-9-10-23(31-2)18(12-17)15-33-25-28-27-24(29(25)14-19-6-5-11-32-19)21-13-26-22-8-4-3-7-20(21)22/h3-4,7-10,12-13,19,26H,5-6,11,14-15H2,1-2H3/t19-/m1/s1. The molecule has 0 amide bonds. The zero-order chi connectivity index (χ0) is 22.8. The Labute approximate surface area is 196 Å². The van der Waals surface area contributed by atoms with Gasteiger partial charge in [0.25, 0.3) is 0 Å². The number of carbonyl (C=O) groups excluding carboxylic acids is 1. The fourth-order valence-corrected chi connectivity index (χ4v) is 5.19. The first-order valence-electron chi connectivity index (χ1n) is 11.1. The zero-order valence-corrected chi connectivity index (χ0v) is 19.5. The zero-order valence-electron chi connectivity index (χ0n) is 18.7. The molecule has 1 fully saturated rings. The minimum absolute atomic E-state index is 0.0343. The van der Waals surface area contributed by atoms with Crippen molar-refractivity contribution in [1.29, 1.82) is 0 Å². The van der Waals surface area contributed by atoms with Crippen molar-refractivity contribution in [2.75, 3.05) is 13.7 Å². The minimum Gasteiger partial charge on any atom is -0.496 e. The Morgan fingerprint density at radius 2 is 2.15 bits per heavy atom. The van der Waals surface area contributed by atoms with Crippen LogP contribution in [0, 0.1) is 0 Å². The molecule has 1 atom stereocenters. The van der Waals surface area contributed by atoms with Crippen LogP contribution in [0.2, 0.25) is 0 Å². The van der Waals surface area contributed by atoms with Gasteiger partial charge in [0.05, 0.1) is 19.8 Å². The SMILES string of the molecule is COc1ccc(C(C)=O)cc1CSc1nnc(-c2c[nH]c3ccccc23)n1C[C@H]1CCCO1. The summed E-state index contributed by atoms with van der Waals surface area (Å²) in [6.45, 7) is 3.08. The number of hydrogen-bond acceptors (Lipinski definition) is 6. The van der Waals surface area contributed by atoms with E-state index in [0.29, 0.717) is 17.9 Å². The number of carbonyl (C=O) groups is 1. The first-order chi connectivity index (χ1) is 16.1. The molecule has 4 aromatic rings. The van der Waals surface area contributed by atoms with Crippen LogP contribution in [0.5, 0.6) is 5.75 Å². The molecule has 0 saturated carbocycles. The Balaban J connectivity index is 1.49. The maximum atomic E-state index is 11.9. The highest BCUT2D eigenvalue weighted by molar-refractivity contribution is 7.98. The predicted molar refractivity (Wildman–Crippen MR) is 129 cm³/mol. The first kappa shape index (κ1) is 21.7. The summed E-state index contributed by atoms with van der Waals surface area (Å²) in [5.41, 5.74) is 3.72. The van der Waals surface area contributed by atoms with Crippen molar-refractivity contribution in [2.24, 2.45) is 0 Å². The molecular weight excluding hydrogens is 436 g/mol. The molecule has 7 nitrogen and oxygen atoms in total. The summed E-state index contributed by atoms with van der Waals surface area (Å²) < 4.78 is 13.6. The van der Waals surface area contributed by atoms with E-state index in [2.05, 4.69) is 31.9 Å². The Kier molecular flexibility index (Phi) is 6.20. The van der Waals surface area contributed by atoms with Crippen molar-refractivity contribution in [1.82, 2.24) is 19.7 Å². The lowest BCUT2D eigenvalue weighted by molar-refractivity contribution is 0.0953. The third-order valence-corrected chi connectivity index (χ3v) is 7.02. The number of aromatic amines is 1. The van der Waals surface area contributed by atoms with Crippen LogP contribution in [0.3, 0.4) is 0 Å². The number of fused-ring (bicyclic) bond motifs is 1. The van der Waals surface area contributed by atoms with Gasteiger partial charge in [-0.15, -0.1) is 10.2 Å². The summed E-state index contributed by atoms with van der Waals surface area (Å²) in [6.07, 6.45) is 4.26. The topological polar surface area (TPSA) is 82.0 Å². The number of thioether (sulfide) groups is 1. The van der Waals surface area contributed by atoms with Crippen molar-refractivity contribution in [3.05, 3.63) is 59.8 Å². The van der Waals surface area contributed by atoms with E-state index in [1.165, 1.54) is 0 Å². The summed E-state index contributed by atoms with van der Waals surface area (Å²) in [5.74, 6) is 2.23. The van der Waals surface area contributed by atoms with Gasteiger partial charge in [-0.1, -0.05) is 30.0 Å². The molecule has 8 heteroatoms. The third-order valence-electron chi connectivity index (χ3n) is 6.00. The second-order valence-electron chi connectivity index (χ2n) is 8.17. The van der Waals surface area contributed by atoms with E-state index in [4.69, 9.17) is 9.47 Å². The van der Waals surface area contributed by atoms with E-state index >= 15 is 0 Å². The molecule has 0 unspecified atom stereocenters. The molecule has 1 aliphatic heterocycles. The van der Waals surface area contributed by atoms with Crippen LogP contribution < -0.4 is 4.74 Å². The Morgan fingerprint density at radius 1 is 1.27 bits per heavy atom. The molecule has 1 aliphatic rings. The smallest absolute Gasteiger partial charge is 0.191 e. The molecule has 2 aromatic carbocycles. The summed E-state index contributed by atoms with van der Waals surface area (Å²) >= 11 is 1.59. The van der Waals surface area contributed by atoms with Crippen LogP contribution in [-0.4, -0.2) is 45.4 Å². The summed E-state index contributed by atoms with van der Waals surface area (Å²) in [6, 6.07) is 13.7. The van der Waals surface area contributed by atoms with Gasteiger partial charge >= 0.3 is 0 Å². The highest BCUT2D eigenvalue weighted by Gasteiger charge is 2.23. The number of ether oxygens (including phenoxy) is 2. The van der Waals surface area contributed by atoms with Crippen molar-refractivity contribution in [3.8, 4) is 17.1 Å². The van der Waals surface area contributed by atoms with Crippen LogP contribution >= 0.6 is 11.8 Å². The molecule has 0 spiro atoms. The summed E-state index contributed by atoms with van der Waals surface area (Å²) in [4.78, 5) is 15.2. The quantitative estimate of drug-likeness (QED) is 0.289. The van der Waals surface area contributed by atoms with Gasteiger partial charge in [-0.25, -0.2) is 0 Å². The molecule has 2 aromatic heterocycles. The number of nitrogens with zero attached hydrogens (tertiary/aromatic N) is 3. The number of nitrogens with one attached hydrogen (secondary N) is 1. The van der Waals surface area contributed by atoms with E-state index in [1.54, 1.807) is 31.9 Å². The molecule has 1 N–H and O–H groups in total. The van der Waals surface area contributed by atoms with Crippen LogP contribution in [-0.2, 0) is 17.0 Å². The fourth-order valence-electron chi connectivity index (χ4n) is 4.26. The Morgan fingerprint density at radius 3 is 2.94 bits per heavy atom. The van der Waals surface area contributed by atoms with Crippen LogP contribution in [0.4, 0.5) is 0 Å². The number of aromatic nitrogens is 4. The van der Waals surface area contributed by atoms with Gasteiger partial charge in [0.15, 0.2) is 16.8 Å². The average molecular weight is 463 g/mol. The van der Waals surface area contributed by atoms with Gasteiger partial charge in [0.1, 0.15) is 5.75 Å². The molecule has 170 valence electrons. The molecule has 5 rings (SSSR count). The van der Waals surface area contributed by atoms with E-state index < -0.39 is 0 Å². The Bertz CT molecular complexity index is 1290. The summed E-state index contributed by atoms with van der Waals surface area (Å²) in [7, 11) is 1.64. The molecular formula is C25H26N4O3S. The second kappa shape index (κ2) is 9.41. The van der Waals surface area contributed by atoms with E-state index in [0.717, 1.165) is 58.2 Å². The van der Waals surface area contributed by atoms with Gasteiger partial charge in [0, 0.05) is 46.1 Å². The molecule has 1 saturated heterocycles. The monoisotopic (exact) mass is 462 g/mol. The third kappa shape index (κ3) is 4.41. The van der Waals surface area contributed by atoms with Gasteiger partial charge in [-0.3, -0.25) is 9.36 Å². The number of benzene rings is 2. The fraction of sp³-hybridized carbons (Fsp3) is 0.320. The van der Waals surface area contributed by atoms with Gasteiger partial charge in [0.2, 0.25) is 0 Å². The summed E-state index contributed by atoms with van der Waals surface area (Å²) in [5, 5.41) is 11.1. The van der Waals surface area contributed by atoms with Gasteiger partial charge in [-0.05, 0) is 44.0 Å². The molecule has 0 bridgehead atoms. The average Bonchev–Trinajstić information content (AvgIpc) is 3.58. The Hall–Kier alpha value is -3.10. The van der Waals surface area contributed by atoms with Gasteiger partial charge < -0.3 is 14.5 Å². The van der Waals surface area contributed by atoms with Crippen molar-refractivity contribution >= 4 is 28.4 Å². The molecule has 0 radical (unpaired) electrons. The van der Waals surface area contributed by atoms with Crippen molar-refractivity contribution in [3.63, 3.8) is 0 Å². The van der Waals surface area contributed by atoms with Gasteiger partial charge in [-0.2, -0.15) is 0 Å². The van der Waals surface area contributed by atoms with E-state index in [9.17, 15) is 4.79 Å². The van der Waals surface area contributed by atoms with Crippen molar-refractivity contribution in [2.45, 2.75) is 43.3 Å². The normalized spacial score (nSPS) is 15.9. The minimum atomic E-state index is 0.0343. The van der Waals surface area contributed by atoms with E-state index in [-0.39, 0.29) is 11.9 Å². The van der Waals surface area contributed by atoms with Crippen LogP contribution in [0.25, 0.3) is 22.3 Å². The number of para-hydroxylation sites is 1. The van der Waals surface area contributed by atoms with E-state index in [1.807, 2.05) is 30.5 Å². The number of ketones is 1. The lowest BCUT2D eigenvalue weighted by Gasteiger charge is -2.15. The molecule has 0 aliphatic carbocycles. The molecule has 33 heavy (non-hydrogen) atoms. The highest BCUT2D eigenvalue weighted by Crippen LogP contribution is 2.33. The predicted octanol–water partition coefficient (Wildman–Crippen LogP) is 5.11. The first-order valence-corrected chi connectivity index (χ1v) is 12.0. The second-order valence-corrected chi connectivity index (χ2v) is 9.11. The van der Waals surface area contributed by atoms with Crippen molar-refractivity contribution < 1.29 is 14.3 Å². The number of Topliss-reactive ketones (excluding diaryl/α,β-unsaturated/α-hetero) is 1. The lowest BCUT2D eigenvalue weighted by atomic mass is 10.1. The van der Waals surface area contributed by atoms with Crippen LogP contribution in [0.1, 0.15) is 35.7 Å². The maximum absolute atomic E-state index is 11.9.